The zero-order valence-electron chi connectivity index (χ0n) is 15.2. The molecular formula is C19H20ClFN2O4S. The SMILES string of the molecule is CN(CC1CCCO1)C(=O)c1ccc(Cl)c(S(=O)(=O)Nc2ccc(F)cc2)c1. The van der Waals surface area contributed by atoms with Crippen molar-refractivity contribution in [2.24, 2.45) is 0 Å². The third-order valence-corrected chi connectivity index (χ3v) is 6.28. The Bertz CT molecular complexity index is 960. The van der Waals surface area contributed by atoms with E-state index in [2.05, 4.69) is 4.72 Å². The molecule has 0 spiro atoms. The van der Waals surface area contributed by atoms with Crippen LogP contribution in [0.4, 0.5) is 10.1 Å². The second kappa shape index (κ2) is 8.46. The molecule has 0 bridgehead atoms. The van der Waals surface area contributed by atoms with Crippen molar-refractivity contribution in [3.8, 4) is 0 Å². The summed E-state index contributed by atoms with van der Waals surface area (Å²) in [7, 11) is -2.42. The quantitative estimate of drug-likeness (QED) is 0.766. The van der Waals surface area contributed by atoms with Crippen LogP contribution in [0, 0.1) is 5.82 Å². The summed E-state index contributed by atoms with van der Waals surface area (Å²) >= 11 is 6.07. The summed E-state index contributed by atoms with van der Waals surface area (Å²) in [5.74, 6) is -0.812. The normalized spacial score (nSPS) is 16.8. The molecule has 1 fully saturated rings. The maximum absolute atomic E-state index is 13.0. The Hall–Kier alpha value is -2.16. The van der Waals surface area contributed by atoms with Gasteiger partial charge in [0.2, 0.25) is 0 Å². The van der Waals surface area contributed by atoms with E-state index in [0.717, 1.165) is 25.0 Å². The Kier molecular flexibility index (Phi) is 6.22. The highest BCUT2D eigenvalue weighted by atomic mass is 35.5. The summed E-state index contributed by atoms with van der Waals surface area (Å²) in [6.45, 7) is 1.11. The minimum atomic E-state index is -4.06. The minimum Gasteiger partial charge on any atom is -0.376 e. The number of amides is 1. The van der Waals surface area contributed by atoms with Gasteiger partial charge in [0.15, 0.2) is 0 Å². The van der Waals surface area contributed by atoms with Crippen molar-refractivity contribution in [3.05, 3.63) is 58.9 Å². The monoisotopic (exact) mass is 426 g/mol. The number of rotatable bonds is 6. The summed E-state index contributed by atoms with van der Waals surface area (Å²) in [6, 6.07) is 8.96. The van der Waals surface area contributed by atoms with E-state index in [4.69, 9.17) is 16.3 Å². The molecule has 6 nitrogen and oxygen atoms in total. The molecule has 1 saturated heterocycles. The van der Waals surface area contributed by atoms with Crippen molar-refractivity contribution in [1.82, 2.24) is 4.90 Å². The number of hydrogen-bond donors (Lipinski definition) is 1. The molecule has 2 aromatic carbocycles. The average Bonchev–Trinajstić information content (AvgIpc) is 3.16. The first-order valence-corrected chi connectivity index (χ1v) is 10.6. The summed E-state index contributed by atoms with van der Waals surface area (Å²) in [4.78, 5) is 14.0. The first kappa shape index (κ1) is 20.6. The van der Waals surface area contributed by atoms with Gasteiger partial charge in [-0.3, -0.25) is 9.52 Å². The molecule has 0 saturated carbocycles. The Morgan fingerprint density at radius 2 is 2.00 bits per heavy atom. The fraction of sp³-hybridized carbons (Fsp3) is 0.316. The van der Waals surface area contributed by atoms with E-state index in [1.165, 1.54) is 35.2 Å². The van der Waals surface area contributed by atoms with Gasteiger partial charge in [-0.15, -0.1) is 0 Å². The molecule has 1 aliphatic rings. The lowest BCUT2D eigenvalue weighted by atomic mass is 10.2. The van der Waals surface area contributed by atoms with Gasteiger partial charge in [0, 0.05) is 31.5 Å². The van der Waals surface area contributed by atoms with Crippen LogP contribution in [0.25, 0.3) is 0 Å². The Morgan fingerprint density at radius 1 is 1.29 bits per heavy atom. The van der Waals surface area contributed by atoms with Crippen molar-refractivity contribution in [2.75, 3.05) is 24.9 Å². The Balaban J connectivity index is 1.81. The van der Waals surface area contributed by atoms with E-state index in [0.29, 0.717) is 13.2 Å². The maximum Gasteiger partial charge on any atom is 0.263 e. The molecule has 1 unspecified atom stereocenters. The number of hydrogen-bond acceptors (Lipinski definition) is 4. The van der Waals surface area contributed by atoms with E-state index in [1.807, 2.05) is 0 Å². The van der Waals surface area contributed by atoms with E-state index >= 15 is 0 Å². The predicted molar refractivity (Wildman–Crippen MR) is 105 cm³/mol. The Morgan fingerprint density at radius 3 is 2.64 bits per heavy atom. The third kappa shape index (κ3) is 4.81. The molecule has 9 heteroatoms. The van der Waals surface area contributed by atoms with Crippen LogP contribution in [0.5, 0.6) is 0 Å². The van der Waals surface area contributed by atoms with Crippen molar-refractivity contribution >= 4 is 33.2 Å². The topological polar surface area (TPSA) is 75.7 Å². The largest absolute Gasteiger partial charge is 0.376 e. The molecule has 1 aliphatic heterocycles. The van der Waals surface area contributed by atoms with E-state index < -0.39 is 15.8 Å². The lowest BCUT2D eigenvalue weighted by Crippen LogP contribution is -2.34. The van der Waals surface area contributed by atoms with E-state index in [9.17, 15) is 17.6 Å². The van der Waals surface area contributed by atoms with Crippen LogP contribution in [-0.2, 0) is 14.8 Å². The number of carbonyl (C=O) groups is 1. The summed E-state index contributed by atoms with van der Waals surface area (Å²) in [6.07, 6.45) is 1.84. The number of ether oxygens (including phenoxy) is 1. The van der Waals surface area contributed by atoms with Gasteiger partial charge in [-0.05, 0) is 55.3 Å². The molecule has 150 valence electrons. The van der Waals surface area contributed by atoms with Crippen molar-refractivity contribution in [1.29, 1.82) is 0 Å². The number of anilines is 1. The lowest BCUT2D eigenvalue weighted by Gasteiger charge is -2.21. The molecule has 3 rings (SSSR count). The standard InChI is InChI=1S/C19H20ClFN2O4S/c1-23(12-16-3-2-10-27-16)19(24)13-4-9-17(20)18(11-13)28(25,26)22-15-7-5-14(21)6-8-15/h4-9,11,16,22H,2-3,10,12H2,1H3. The van der Waals surface area contributed by atoms with Crippen molar-refractivity contribution in [2.45, 2.75) is 23.8 Å². The highest BCUT2D eigenvalue weighted by Crippen LogP contribution is 2.26. The first-order valence-electron chi connectivity index (χ1n) is 8.71. The molecule has 0 radical (unpaired) electrons. The van der Waals surface area contributed by atoms with Crippen LogP contribution in [-0.4, -0.2) is 45.5 Å². The van der Waals surface area contributed by atoms with Gasteiger partial charge in [0.1, 0.15) is 10.7 Å². The van der Waals surface area contributed by atoms with Gasteiger partial charge in [-0.1, -0.05) is 11.6 Å². The van der Waals surface area contributed by atoms with Crippen LogP contribution in [0.15, 0.2) is 47.4 Å². The number of likely N-dealkylation sites (N-methyl/N-ethyl adjacent to an activating group) is 1. The van der Waals surface area contributed by atoms with Crippen LogP contribution < -0.4 is 4.72 Å². The van der Waals surface area contributed by atoms with Crippen LogP contribution in [0.3, 0.4) is 0 Å². The first-order chi connectivity index (χ1) is 13.3. The number of carbonyl (C=O) groups excluding carboxylic acids is 1. The van der Waals surface area contributed by atoms with Crippen LogP contribution >= 0.6 is 11.6 Å². The molecular weight excluding hydrogens is 407 g/mol. The molecule has 1 heterocycles. The van der Waals surface area contributed by atoms with Crippen LogP contribution in [0.2, 0.25) is 5.02 Å². The lowest BCUT2D eigenvalue weighted by molar-refractivity contribution is 0.0587. The third-order valence-electron chi connectivity index (χ3n) is 4.41. The van der Waals surface area contributed by atoms with Gasteiger partial charge in [0.25, 0.3) is 15.9 Å². The van der Waals surface area contributed by atoms with E-state index in [-0.39, 0.29) is 33.2 Å². The zero-order chi connectivity index (χ0) is 20.3. The second-order valence-electron chi connectivity index (χ2n) is 6.58. The molecule has 1 N–H and O–H groups in total. The van der Waals surface area contributed by atoms with Crippen molar-refractivity contribution < 1.29 is 22.3 Å². The highest BCUT2D eigenvalue weighted by Gasteiger charge is 2.24. The molecule has 2 aromatic rings. The van der Waals surface area contributed by atoms with Gasteiger partial charge < -0.3 is 9.64 Å². The Labute approximate surface area is 168 Å². The van der Waals surface area contributed by atoms with Gasteiger partial charge in [0.05, 0.1) is 11.1 Å². The summed E-state index contributed by atoms with van der Waals surface area (Å²) < 4.78 is 46.3. The van der Waals surface area contributed by atoms with Gasteiger partial charge in [-0.25, -0.2) is 12.8 Å². The van der Waals surface area contributed by atoms with Crippen molar-refractivity contribution in [3.63, 3.8) is 0 Å². The maximum atomic E-state index is 13.0. The highest BCUT2D eigenvalue weighted by molar-refractivity contribution is 7.92. The number of benzene rings is 2. The van der Waals surface area contributed by atoms with Crippen LogP contribution in [0.1, 0.15) is 23.2 Å². The average molecular weight is 427 g/mol. The summed E-state index contributed by atoms with van der Waals surface area (Å²) in [5.41, 5.74) is 0.383. The predicted octanol–water partition coefficient (Wildman–Crippen LogP) is 3.53. The summed E-state index contributed by atoms with van der Waals surface area (Å²) in [5, 5.41) is -0.0204. The smallest absolute Gasteiger partial charge is 0.263 e. The fourth-order valence-electron chi connectivity index (χ4n) is 2.97. The number of nitrogens with zero attached hydrogens (tertiary/aromatic N) is 1. The van der Waals surface area contributed by atoms with Gasteiger partial charge >= 0.3 is 0 Å². The number of halogens is 2. The minimum absolute atomic E-state index is 0.00963. The molecule has 1 amide bonds. The molecule has 0 aliphatic carbocycles. The van der Waals surface area contributed by atoms with Gasteiger partial charge in [-0.2, -0.15) is 0 Å². The number of sulfonamides is 1. The zero-order valence-corrected chi connectivity index (χ0v) is 16.8. The molecule has 28 heavy (non-hydrogen) atoms. The second-order valence-corrected chi connectivity index (χ2v) is 8.64. The molecule has 1 atom stereocenters. The molecule has 0 aromatic heterocycles. The fourth-order valence-corrected chi connectivity index (χ4v) is 4.55. The number of nitrogens with one attached hydrogen (secondary N) is 1. The van der Waals surface area contributed by atoms with E-state index in [1.54, 1.807) is 7.05 Å².